The summed E-state index contributed by atoms with van der Waals surface area (Å²) in [6.07, 6.45) is 7.23. The molecule has 0 amide bonds. The molecule has 5 rings (SSSR count). The first kappa shape index (κ1) is 16.0. The zero-order valence-corrected chi connectivity index (χ0v) is 15.2. The number of nitrogens with zero attached hydrogens (tertiary/aromatic N) is 7. The summed E-state index contributed by atoms with van der Waals surface area (Å²) < 4.78 is 9.48. The van der Waals surface area contributed by atoms with Gasteiger partial charge in [0.15, 0.2) is 11.6 Å². The molecule has 9 nitrogen and oxygen atoms in total. The van der Waals surface area contributed by atoms with Gasteiger partial charge in [0.25, 0.3) is 0 Å². The molecule has 5 heterocycles. The number of aromatic amines is 1. The van der Waals surface area contributed by atoms with Crippen molar-refractivity contribution in [1.29, 1.82) is 0 Å². The Morgan fingerprint density at radius 3 is 2.96 bits per heavy atom. The van der Waals surface area contributed by atoms with Crippen LogP contribution in [-0.4, -0.2) is 60.1 Å². The molecule has 1 aliphatic rings. The lowest BCUT2D eigenvalue weighted by Crippen LogP contribution is -2.44. The Kier molecular flexibility index (Phi) is 3.68. The number of anilines is 1. The minimum Gasteiger partial charge on any atom is -0.377 e. The summed E-state index contributed by atoms with van der Waals surface area (Å²) in [4.78, 5) is 11.2. The molecule has 0 bridgehead atoms. The number of rotatable bonds is 3. The number of nitrogens with one attached hydrogen (secondary N) is 1. The van der Waals surface area contributed by atoms with Crippen molar-refractivity contribution in [2.45, 2.75) is 13.0 Å². The summed E-state index contributed by atoms with van der Waals surface area (Å²) in [7, 11) is 1.99. The SMILES string of the molecule is C[C@@H]1COCCN1c1cc(-c2cncn2C)c2cnc(-c3ccn[nH]3)n2n1. The molecular weight excluding hydrogens is 344 g/mol. The van der Waals surface area contributed by atoms with Gasteiger partial charge < -0.3 is 14.2 Å². The van der Waals surface area contributed by atoms with E-state index in [-0.39, 0.29) is 6.04 Å². The van der Waals surface area contributed by atoms with E-state index >= 15 is 0 Å². The van der Waals surface area contributed by atoms with Gasteiger partial charge in [0.1, 0.15) is 5.69 Å². The Labute approximate surface area is 155 Å². The minimum absolute atomic E-state index is 0.252. The van der Waals surface area contributed by atoms with Crippen molar-refractivity contribution < 1.29 is 4.74 Å². The first-order valence-electron chi connectivity index (χ1n) is 8.92. The van der Waals surface area contributed by atoms with Crippen LogP contribution >= 0.6 is 0 Å². The Morgan fingerprint density at radius 2 is 2.22 bits per heavy atom. The summed E-state index contributed by atoms with van der Waals surface area (Å²) in [5, 5.41) is 11.9. The molecule has 138 valence electrons. The Balaban J connectivity index is 1.76. The first-order valence-corrected chi connectivity index (χ1v) is 8.92. The quantitative estimate of drug-likeness (QED) is 0.596. The van der Waals surface area contributed by atoms with Crippen LogP contribution in [0.4, 0.5) is 5.82 Å². The van der Waals surface area contributed by atoms with Gasteiger partial charge in [-0.3, -0.25) is 5.10 Å². The van der Waals surface area contributed by atoms with Crippen LogP contribution in [0.25, 0.3) is 28.3 Å². The molecule has 0 saturated carbocycles. The van der Waals surface area contributed by atoms with E-state index in [0.29, 0.717) is 13.2 Å². The van der Waals surface area contributed by atoms with Crippen LogP contribution in [-0.2, 0) is 11.8 Å². The number of hydrogen-bond donors (Lipinski definition) is 1. The Bertz CT molecular complexity index is 1080. The van der Waals surface area contributed by atoms with Crippen molar-refractivity contribution in [1.82, 2.24) is 34.3 Å². The van der Waals surface area contributed by atoms with E-state index in [0.717, 1.165) is 40.7 Å². The zero-order valence-electron chi connectivity index (χ0n) is 15.2. The summed E-state index contributed by atoms with van der Waals surface area (Å²) in [6.45, 7) is 4.34. The lowest BCUT2D eigenvalue weighted by molar-refractivity contribution is 0.0984. The molecule has 1 fully saturated rings. The molecular formula is C18H20N8O. The van der Waals surface area contributed by atoms with Crippen LogP contribution in [0.2, 0.25) is 0 Å². The number of aryl methyl sites for hydroxylation is 1. The molecule has 1 saturated heterocycles. The number of fused-ring (bicyclic) bond motifs is 1. The van der Waals surface area contributed by atoms with Crippen LogP contribution in [0.15, 0.2) is 37.1 Å². The fourth-order valence-corrected chi connectivity index (χ4v) is 3.56. The predicted molar refractivity (Wildman–Crippen MR) is 100 cm³/mol. The normalized spacial score (nSPS) is 17.7. The van der Waals surface area contributed by atoms with E-state index in [4.69, 9.17) is 9.84 Å². The monoisotopic (exact) mass is 364 g/mol. The second kappa shape index (κ2) is 6.20. The molecule has 1 atom stereocenters. The molecule has 0 spiro atoms. The van der Waals surface area contributed by atoms with Crippen LogP contribution in [0.5, 0.6) is 0 Å². The van der Waals surface area contributed by atoms with Crippen LogP contribution in [0.1, 0.15) is 6.92 Å². The van der Waals surface area contributed by atoms with Crippen LogP contribution in [0, 0.1) is 0 Å². The largest absolute Gasteiger partial charge is 0.377 e. The fraction of sp³-hybridized carbons (Fsp3) is 0.333. The Morgan fingerprint density at radius 1 is 1.30 bits per heavy atom. The smallest absolute Gasteiger partial charge is 0.179 e. The molecule has 1 aliphatic heterocycles. The third kappa shape index (κ3) is 2.58. The van der Waals surface area contributed by atoms with Gasteiger partial charge in [0.05, 0.1) is 49.2 Å². The molecule has 0 aliphatic carbocycles. The van der Waals surface area contributed by atoms with Crippen molar-refractivity contribution in [3.8, 4) is 22.8 Å². The van der Waals surface area contributed by atoms with E-state index in [1.54, 1.807) is 12.5 Å². The van der Waals surface area contributed by atoms with Gasteiger partial charge in [-0.15, -0.1) is 5.10 Å². The van der Waals surface area contributed by atoms with E-state index < -0.39 is 0 Å². The number of H-pyrrole nitrogens is 1. The van der Waals surface area contributed by atoms with Gasteiger partial charge in [-0.1, -0.05) is 0 Å². The summed E-state index contributed by atoms with van der Waals surface area (Å²) >= 11 is 0. The molecule has 4 aromatic heterocycles. The molecule has 0 radical (unpaired) electrons. The van der Waals surface area contributed by atoms with Crippen molar-refractivity contribution in [2.75, 3.05) is 24.7 Å². The second-order valence-electron chi connectivity index (χ2n) is 6.77. The second-order valence-corrected chi connectivity index (χ2v) is 6.77. The van der Waals surface area contributed by atoms with Crippen LogP contribution < -0.4 is 4.90 Å². The minimum atomic E-state index is 0.252. The maximum absolute atomic E-state index is 5.59. The highest BCUT2D eigenvalue weighted by Gasteiger charge is 2.24. The lowest BCUT2D eigenvalue weighted by Gasteiger charge is -2.34. The van der Waals surface area contributed by atoms with Gasteiger partial charge >= 0.3 is 0 Å². The van der Waals surface area contributed by atoms with E-state index in [1.165, 1.54) is 0 Å². The molecule has 0 unspecified atom stereocenters. The average Bonchev–Trinajstić information content (AvgIpc) is 3.41. The van der Waals surface area contributed by atoms with E-state index in [9.17, 15) is 0 Å². The summed E-state index contributed by atoms with van der Waals surface area (Å²) in [5.74, 6) is 1.63. The number of morpholine rings is 1. The van der Waals surface area contributed by atoms with Crippen molar-refractivity contribution in [2.24, 2.45) is 7.05 Å². The number of ether oxygens (including phenoxy) is 1. The molecule has 0 aromatic carbocycles. The highest BCUT2D eigenvalue weighted by Crippen LogP contribution is 2.31. The van der Waals surface area contributed by atoms with Crippen molar-refractivity contribution in [3.05, 3.63) is 37.1 Å². The van der Waals surface area contributed by atoms with E-state index in [1.807, 2.05) is 34.6 Å². The highest BCUT2D eigenvalue weighted by atomic mass is 16.5. The molecule has 4 aromatic rings. The summed E-state index contributed by atoms with van der Waals surface area (Å²) in [5.41, 5.74) is 3.80. The predicted octanol–water partition coefficient (Wildman–Crippen LogP) is 1.74. The number of imidazole rings is 2. The van der Waals surface area contributed by atoms with Crippen molar-refractivity contribution in [3.63, 3.8) is 0 Å². The first-order chi connectivity index (χ1) is 13.2. The van der Waals surface area contributed by atoms with Gasteiger partial charge in [-0.25, -0.2) is 14.5 Å². The molecule has 1 N–H and O–H groups in total. The van der Waals surface area contributed by atoms with Gasteiger partial charge in [0, 0.05) is 25.4 Å². The van der Waals surface area contributed by atoms with E-state index in [2.05, 4.69) is 38.1 Å². The number of hydrogen-bond acceptors (Lipinski definition) is 6. The fourth-order valence-electron chi connectivity index (χ4n) is 3.56. The molecule has 9 heteroatoms. The highest BCUT2D eigenvalue weighted by molar-refractivity contribution is 5.81. The third-order valence-electron chi connectivity index (χ3n) is 4.99. The van der Waals surface area contributed by atoms with Gasteiger partial charge in [-0.2, -0.15) is 5.10 Å². The lowest BCUT2D eigenvalue weighted by atomic mass is 10.1. The molecule has 27 heavy (non-hydrogen) atoms. The van der Waals surface area contributed by atoms with Crippen LogP contribution in [0.3, 0.4) is 0 Å². The Hall–Kier alpha value is -3.20. The van der Waals surface area contributed by atoms with Gasteiger partial charge in [-0.05, 0) is 19.1 Å². The number of aromatic nitrogens is 7. The van der Waals surface area contributed by atoms with Gasteiger partial charge in [0.2, 0.25) is 0 Å². The standard InChI is InChI=1S/C18H20N8O/c1-12-10-27-6-5-25(12)17-7-13(15-8-19-11-24(15)2)16-9-20-18(26(16)23-17)14-3-4-21-22-14/h3-4,7-9,11-12H,5-6,10H2,1-2H3,(H,21,22)/t12-/m1/s1. The maximum Gasteiger partial charge on any atom is 0.179 e. The van der Waals surface area contributed by atoms with Crippen molar-refractivity contribution >= 4 is 11.3 Å². The third-order valence-corrected chi connectivity index (χ3v) is 4.99. The summed E-state index contributed by atoms with van der Waals surface area (Å²) in [6, 6.07) is 4.26. The zero-order chi connectivity index (χ0) is 18.4. The topological polar surface area (TPSA) is 89.2 Å². The average molecular weight is 364 g/mol. The maximum atomic E-state index is 5.59.